The van der Waals surface area contributed by atoms with Gasteiger partial charge in [-0.3, -0.25) is 9.59 Å². The van der Waals surface area contributed by atoms with E-state index in [0.717, 1.165) is 0 Å². The quantitative estimate of drug-likeness (QED) is 0.330. The van der Waals surface area contributed by atoms with Crippen LogP contribution < -0.4 is 0 Å². The van der Waals surface area contributed by atoms with Crippen molar-refractivity contribution in [2.75, 3.05) is 19.8 Å². The van der Waals surface area contributed by atoms with E-state index in [1.807, 2.05) is 6.07 Å². The third kappa shape index (κ3) is 4.79. The Hall–Kier alpha value is -2.41. The fraction of sp³-hybridized carbons (Fsp3) is 0.471. The lowest BCUT2D eigenvalue weighted by atomic mass is 9.90. The van der Waals surface area contributed by atoms with Gasteiger partial charge in [0.2, 0.25) is 0 Å². The number of benzene rings is 1. The van der Waals surface area contributed by atoms with Gasteiger partial charge in [0, 0.05) is 19.1 Å². The molecule has 1 aliphatic heterocycles. The highest BCUT2D eigenvalue weighted by Crippen LogP contribution is 2.20. The van der Waals surface area contributed by atoms with E-state index < -0.39 is 23.6 Å². The summed E-state index contributed by atoms with van der Waals surface area (Å²) in [5.41, 5.74) is 0.499. The highest BCUT2D eigenvalue weighted by molar-refractivity contribution is 6.40. The van der Waals surface area contributed by atoms with Gasteiger partial charge in [-0.05, 0) is 31.9 Å². The van der Waals surface area contributed by atoms with Gasteiger partial charge in [0.25, 0.3) is 5.78 Å². The molecule has 1 heterocycles. The predicted molar refractivity (Wildman–Crippen MR) is 84.9 cm³/mol. The molecule has 0 aromatic heterocycles. The van der Waals surface area contributed by atoms with Crippen molar-refractivity contribution in [3.8, 4) is 0 Å². The van der Waals surface area contributed by atoms with E-state index in [1.54, 1.807) is 31.2 Å². The van der Waals surface area contributed by atoms with E-state index in [9.17, 15) is 14.4 Å². The molecule has 0 radical (unpaired) electrons. The molecular formula is C17H20N2O5. The van der Waals surface area contributed by atoms with Crippen LogP contribution in [0.2, 0.25) is 0 Å². The molecule has 0 aliphatic carbocycles. The van der Waals surface area contributed by atoms with Crippen LogP contribution in [0.1, 0.15) is 19.8 Å². The van der Waals surface area contributed by atoms with Crippen LogP contribution in [0.3, 0.4) is 0 Å². The zero-order chi connectivity index (χ0) is 17.4. The number of carbonyl (C=O) groups is 3. The van der Waals surface area contributed by atoms with Gasteiger partial charge in [-0.15, -0.1) is 0 Å². The van der Waals surface area contributed by atoms with Crippen LogP contribution in [0, 0.1) is 5.92 Å². The molecule has 24 heavy (non-hydrogen) atoms. The molecule has 0 amide bonds. The zero-order valence-corrected chi connectivity index (χ0v) is 13.5. The van der Waals surface area contributed by atoms with E-state index in [0.29, 0.717) is 31.7 Å². The van der Waals surface area contributed by atoms with Crippen LogP contribution in [-0.4, -0.2) is 43.4 Å². The van der Waals surface area contributed by atoms with Gasteiger partial charge in [0.05, 0.1) is 12.3 Å². The minimum absolute atomic E-state index is 0.0541. The number of azo groups is 1. The number of nitrogens with zero attached hydrogens (tertiary/aromatic N) is 2. The molecule has 7 nitrogen and oxygen atoms in total. The monoisotopic (exact) mass is 332 g/mol. The molecule has 7 heteroatoms. The number of ether oxygens (including phenoxy) is 2. The Balaban J connectivity index is 2.19. The molecule has 1 aromatic carbocycles. The molecule has 0 bridgehead atoms. The minimum atomic E-state index is -1.47. The van der Waals surface area contributed by atoms with Crippen molar-refractivity contribution in [3.63, 3.8) is 0 Å². The highest BCUT2D eigenvalue weighted by atomic mass is 16.5. The number of hydrogen-bond acceptors (Lipinski definition) is 7. The standard InChI is InChI=1S/C17H20N2O5/c1-2-24-17(22)16(21)14(15(20)12-8-10-23-11-9-12)19-18-13-6-4-3-5-7-13/h3-7,12,14H,2,8-11H2,1H3. The highest BCUT2D eigenvalue weighted by Gasteiger charge is 2.37. The first kappa shape index (κ1) is 17.9. The average molecular weight is 332 g/mol. The van der Waals surface area contributed by atoms with Crippen LogP contribution in [0.15, 0.2) is 40.6 Å². The van der Waals surface area contributed by atoms with Crippen molar-refractivity contribution in [1.82, 2.24) is 0 Å². The number of Topliss-reactive ketones (excluding diaryl/α,β-unsaturated/α-hetero) is 2. The Morgan fingerprint density at radius 3 is 2.50 bits per heavy atom. The van der Waals surface area contributed by atoms with E-state index >= 15 is 0 Å². The van der Waals surface area contributed by atoms with Gasteiger partial charge >= 0.3 is 5.97 Å². The van der Waals surface area contributed by atoms with Gasteiger partial charge in [-0.25, -0.2) is 4.79 Å². The average Bonchev–Trinajstić information content (AvgIpc) is 2.63. The molecule has 1 unspecified atom stereocenters. The minimum Gasteiger partial charge on any atom is -0.460 e. The molecule has 2 rings (SSSR count). The largest absolute Gasteiger partial charge is 0.460 e. The van der Waals surface area contributed by atoms with Crippen molar-refractivity contribution in [2.45, 2.75) is 25.8 Å². The second-order valence-electron chi connectivity index (χ2n) is 5.33. The molecule has 1 atom stereocenters. The smallest absolute Gasteiger partial charge is 0.377 e. The summed E-state index contributed by atoms with van der Waals surface area (Å²) in [6.07, 6.45) is 1.01. The second kappa shape index (κ2) is 9.02. The van der Waals surface area contributed by atoms with E-state index in [1.165, 1.54) is 0 Å². The Bertz CT molecular complexity index is 609. The van der Waals surface area contributed by atoms with Crippen molar-refractivity contribution in [1.29, 1.82) is 0 Å². The summed E-state index contributed by atoms with van der Waals surface area (Å²) >= 11 is 0. The lowest BCUT2D eigenvalue weighted by Gasteiger charge is -2.22. The maximum atomic E-state index is 12.6. The molecule has 0 N–H and O–H groups in total. The van der Waals surface area contributed by atoms with Crippen molar-refractivity contribution < 1.29 is 23.9 Å². The molecular weight excluding hydrogens is 312 g/mol. The second-order valence-corrected chi connectivity index (χ2v) is 5.33. The van der Waals surface area contributed by atoms with Gasteiger partial charge in [0.15, 0.2) is 11.8 Å². The van der Waals surface area contributed by atoms with Gasteiger partial charge in [0.1, 0.15) is 0 Å². The summed E-state index contributed by atoms with van der Waals surface area (Å²) in [7, 11) is 0. The molecule has 128 valence electrons. The topological polar surface area (TPSA) is 94.4 Å². The number of rotatable bonds is 7. The van der Waals surface area contributed by atoms with E-state index in [-0.39, 0.29) is 12.5 Å². The van der Waals surface area contributed by atoms with Gasteiger partial charge in [-0.2, -0.15) is 10.2 Å². The van der Waals surface area contributed by atoms with Crippen LogP contribution in [0.25, 0.3) is 0 Å². The summed E-state index contributed by atoms with van der Waals surface area (Å²) in [6, 6.07) is 7.25. The molecule has 1 aliphatic rings. The van der Waals surface area contributed by atoms with Crippen LogP contribution in [0.5, 0.6) is 0 Å². The summed E-state index contributed by atoms with van der Waals surface area (Å²) < 4.78 is 9.93. The fourth-order valence-electron chi connectivity index (χ4n) is 2.38. The summed E-state index contributed by atoms with van der Waals surface area (Å²) in [5, 5.41) is 7.79. The molecule has 0 spiro atoms. The van der Waals surface area contributed by atoms with E-state index in [2.05, 4.69) is 10.2 Å². The predicted octanol–water partition coefficient (Wildman–Crippen LogP) is 2.27. The Morgan fingerprint density at radius 2 is 1.88 bits per heavy atom. The Morgan fingerprint density at radius 1 is 1.21 bits per heavy atom. The summed E-state index contributed by atoms with van der Waals surface area (Å²) in [6.45, 7) is 2.55. The third-order valence-electron chi connectivity index (χ3n) is 3.66. The van der Waals surface area contributed by atoms with Crippen molar-refractivity contribution in [2.24, 2.45) is 16.1 Å². The third-order valence-corrected chi connectivity index (χ3v) is 3.66. The first-order valence-electron chi connectivity index (χ1n) is 7.91. The number of ketones is 2. The summed E-state index contributed by atoms with van der Waals surface area (Å²) in [4.78, 5) is 36.6. The van der Waals surface area contributed by atoms with Crippen molar-refractivity contribution in [3.05, 3.63) is 30.3 Å². The van der Waals surface area contributed by atoms with Crippen molar-refractivity contribution >= 4 is 23.2 Å². The maximum Gasteiger partial charge on any atom is 0.377 e. The number of carbonyl (C=O) groups excluding carboxylic acids is 3. The van der Waals surface area contributed by atoms with Crippen LogP contribution >= 0.6 is 0 Å². The van der Waals surface area contributed by atoms with Gasteiger partial charge < -0.3 is 9.47 Å². The number of hydrogen-bond donors (Lipinski definition) is 0. The molecule has 0 saturated carbocycles. The maximum absolute atomic E-state index is 12.6. The Kier molecular flexibility index (Phi) is 6.74. The first-order valence-corrected chi connectivity index (χ1v) is 7.91. The van der Waals surface area contributed by atoms with Crippen LogP contribution in [-0.2, 0) is 23.9 Å². The zero-order valence-electron chi connectivity index (χ0n) is 13.5. The normalized spacial score (nSPS) is 16.7. The lowest BCUT2D eigenvalue weighted by molar-refractivity contribution is -0.155. The summed E-state index contributed by atoms with van der Waals surface area (Å²) in [5.74, 6) is -2.81. The molecule has 1 fully saturated rings. The molecule has 1 aromatic rings. The van der Waals surface area contributed by atoms with E-state index in [4.69, 9.17) is 9.47 Å². The molecule has 1 saturated heterocycles. The fourth-order valence-corrected chi connectivity index (χ4v) is 2.38. The SMILES string of the molecule is CCOC(=O)C(=O)C(N=Nc1ccccc1)C(=O)C1CCOCC1. The van der Waals surface area contributed by atoms with Crippen LogP contribution in [0.4, 0.5) is 5.69 Å². The lowest BCUT2D eigenvalue weighted by Crippen LogP contribution is -2.40. The number of esters is 1. The van der Waals surface area contributed by atoms with Gasteiger partial charge in [-0.1, -0.05) is 18.2 Å². The first-order chi connectivity index (χ1) is 11.6. The Labute approximate surface area is 140 Å².